The van der Waals surface area contributed by atoms with Crippen molar-refractivity contribution in [2.75, 3.05) is 38.5 Å². The summed E-state index contributed by atoms with van der Waals surface area (Å²) < 4.78 is 31.8. The van der Waals surface area contributed by atoms with Crippen LogP contribution in [0.3, 0.4) is 0 Å². The van der Waals surface area contributed by atoms with E-state index >= 15 is 0 Å². The van der Waals surface area contributed by atoms with Gasteiger partial charge in [-0.2, -0.15) is 0 Å². The smallest absolute Gasteiger partial charge is 0.225 e. The third-order valence-electron chi connectivity index (χ3n) is 3.29. The van der Waals surface area contributed by atoms with Crippen molar-refractivity contribution in [2.45, 2.75) is 12.8 Å². The first-order valence-corrected chi connectivity index (χ1v) is 9.74. The Morgan fingerprint density at radius 1 is 1.00 bits per heavy atom. The number of piperazine rings is 1. The second kappa shape index (κ2) is 11.1. The Morgan fingerprint density at radius 2 is 1.54 bits per heavy atom. The van der Waals surface area contributed by atoms with Gasteiger partial charge in [0.05, 0.1) is 25.0 Å². The van der Waals surface area contributed by atoms with Crippen LogP contribution in [0.1, 0.15) is 12.8 Å². The van der Waals surface area contributed by atoms with Crippen molar-refractivity contribution in [1.29, 1.82) is 0 Å². The fourth-order valence-electron chi connectivity index (χ4n) is 2.08. The number of carbonyl (C=O) groups excluding carboxylic acids is 2. The molecule has 0 radical (unpaired) electrons. The maximum atomic E-state index is 12.0. The van der Waals surface area contributed by atoms with Crippen molar-refractivity contribution in [2.24, 2.45) is 0 Å². The highest BCUT2D eigenvalue weighted by Gasteiger charge is 2.24. The minimum absolute atomic E-state index is 0.0612. The highest BCUT2D eigenvalue weighted by molar-refractivity contribution is 7.83. The molecule has 2 unspecified atom stereocenters. The first kappa shape index (κ1) is 20.5. The zero-order valence-corrected chi connectivity index (χ0v) is 15.0. The van der Waals surface area contributed by atoms with Crippen LogP contribution in [-0.2, 0) is 40.1 Å². The summed E-state index contributed by atoms with van der Waals surface area (Å²) in [5.41, 5.74) is 0. The lowest BCUT2D eigenvalue weighted by atomic mass is 10.2. The standard InChI is InChI=1S/C14H22N2O6S2/c1-3-21-24(20)12-6-14(18)16-9-7-15(8-10-16)13(17)5-11-22-23(19)4-2/h3-4H,1-2,5-12H2. The van der Waals surface area contributed by atoms with Crippen molar-refractivity contribution in [3.8, 4) is 0 Å². The van der Waals surface area contributed by atoms with Gasteiger partial charge in [0.15, 0.2) is 11.1 Å². The van der Waals surface area contributed by atoms with Crippen molar-refractivity contribution >= 4 is 34.0 Å². The Hall–Kier alpha value is -1.52. The van der Waals surface area contributed by atoms with Gasteiger partial charge in [-0.05, 0) is 0 Å². The quantitative estimate of drug-likeness (QED) is 0.500. The SMILES string of the molecule is C=COS(=O)CCC(=O)N1CCN(C(=O)CCOS(=O)C=C)CC1. The molecular formula is C14H22N2O6S2. The monoisotopic (exact) mass is 378 g/mol. The summed E-state index contributed by atoms with van der Waals surface area (Å²) in [6.45, 7) is 8.40. The minimum Gasteiger partial charge on any atom is -0.409 e. The molecule has 0 spiro atoms. The van der Waals surface area contributed by atoms with Crippen molar-refractivity contribution in [1.82, 2.24) is 9.80 Å². The second-order valence-corrected chi connectivity index (χ2v) is 7.08. The highest BCUT2D eigenvalue weighted by atomic mass is 32.2. The van der Waals surface area contributed by atoms with Crippen LogP contribution in [0.2, 0.25) is 0 Å². The average Bonchev–Trinajstić information content (AvgIpc) is 2.59. The fourth-order valence-corrected chi connectivity index (χ4v) is 3.01. The van der Waals surface area contributed by atoms with Gasteiger partial charge < -0.3 is 14.0 Å². The molecule has 1 rings (SSSR count). The molecule has 0 aromatic rings. The summed E-state index contributed by atoms with van der Waals surface area (Å²) in [4.78, 5) is 27.3. The molecule has 0 aliphatic carbocycles. The number of hydrogen-bond donors (Lipinski definition) is 0. The summed E-state index contributed by atoms with van der Waals surface area (Å²) in [6, 6.07) is 0. The van der Waals surface area contributed by atoms with E-state index in [0.717, 1.165) is 11.7 Å². The first-order valence-electron chi connectivity index (χ1n) is 7.36. The Labute approximate surface area is 146 Å². The van der Waals surface area contributed by atoms with Crippen LogP contribution in [0, 0.1) is 0 Å². The van der Waals surface area contributed by atoms with Gasteiger partial charge in [-0.25, -0.2) is 8.42 Å². The van der Waals surface area contributed by atoms with Gasteiger partial charge in [0.2, 0.25) is 22.9 Å². The molecule has 1 aliphatic rings. The van der Waals surface area contributed by atoms with E-state index in [1.807, 2.05) is 0 Å². The van der Waals surface area contributed by atoms with E-state index < -0.39 is 22.2 Å². The predicted octanol–water partition coefficient (Wildman–Crippen LogP) is 0.0850. The molecule has 0 N–H and O–H groups in total. The zero-order chi connectivity index (χ0) is 17.9. The topological polar surface area (TPSA) is 93.2 Å². The Bertz CT molecular complexity index is 517. The molecule has 136 valence electrons. The summed E-state index contributed by atoms with van der Waals surface area (Å²) in [5.74, 6) is -0.113. The molecule has 1 fully saturated rings. The molecule has 0 aromatic carbocycles. The van der Waals surface area contributed by atoms with E-state index in [1.54, 1.807) is 9.80 Å². The zero-order valence-electron chi connectivity index (χ0n) is 13.4. The fraction of sp³-hybridized carbons (Fsp3) is 0.571. The molecule has 0 bridgehead atoms. The van der Waals surface area contributed by atoms with Gasteiger partial charge in [0.1, 0.15) is 0 Å². The van der Waals surface area contributed by atoms with Crippen molar-refractivity contribution in [3.63, 3.8) is 0 Å². The molecule has 8 nitrogen and oxygen atoms in total. The van der Waals surface area contributed by atoms with Crippen LogP contribution in [0.5, 0.6) is 0 Å². The lowest BCUT2D eigenvalue weighted by Gasteiger charge is -2.34. The predicted molar refractivity (Wildman–Crippen MR) is 91.0 cm³/mol. The normalized spacial score (nSPS) is 17.0. The number of amides is 2. The average molecular weight is 378 g/mol. The molecule has 1 aliphatic heterocycles. The second-order valence-electron chi connectivity index (χ2n) is 4.78. The van der Waals surface area contributed by atoms with E-state index in [0.29, 0.717) is 26.2 Å². The highest BCUT2D eigenvalue weighted by Crippen LogP contribution is 2.07. The maximum Gasteiger partial charge on any atom is 0.225 e. The lowest BCUT2D eigenvalue weighted by molar-refractivity contribution is -0.139. The summed E-state index contributed by atoms with van der Waals surface area (Å²) >= 11 is -3.11. The van der Waals surface area contributed by atoms with Crippen LogP contribution in [0.4, 0.5) is 0 Å². The van der Waals surface area contributed by atoms with E-state index in [1.165, 1.54) is 0 Å². The number of hydrogen-bond acceptors (Lipinski definition) is 6. The molecule has 10 heteroatoms. The molecule has 1 heterocycles. The van der Waals surface area contributed by atoms with E-state index in [9.17, 15) is 18.0 Å². The van der Waals surface area contributed by atoms with Gasteiger partial charge in [0, 0.05) is 38.0 Å². The largest absolute Gasteiger partial charge is 0.409 e. The molecule has 1 saturated heterocycles. The molecule has 24 heavy (non-hydrogen) atoms. The molecule has 2 amide bonds. The van der Waals surface area contributed by atoms with Crippen LogP contribution in [0.15, 0.2) is 24.8 Å². The number of nitrogens with zero attached hydrogens (tertiary/aromatic N) is 2. The summed E-state index contributed by atoms with van der Waals surface area (Å²) in [7, 11) is 0. The van der Waals surface area contributed by atoms with Crippen LogP contribution in [0.25, 0.3) is 0 Å². The third-order valence-corrected chi connectivity index (χ3v) is 4.85. The van der Waals surface area contributed by atoms with Gasteiger partial charge in [-0.15, -0.1) is 0 Å². The van der Waals surface area contributed by atoms with Gasteiger partial charge in [0.25, 0.3) is 0 Å². The van der Waals surface area contributed by atoms with Crippen LogP contribution >= 0.6 is 0 Å². The first-order chi connectivity index (χ1) is 11.5. The van der Waals surface area contributed by atoms with E-state index in [2.05, 4.69) is 17.3 Å². The van der Waals surface area contributed by atoms with Gasteiger partial charge in [-0.3, -0.25) is 13.8 Å². The Morgan fingerprint density at radius 3 is 2.04 bits per heavy atom. The molecule has 0 aromatic heterocycles. The van der Waals surface area contributed by atoms with Crippen molar-refractivity contribution < 1.29 is 26.4 Å². The van der Waals surface area contributed by atoms with E-state index in [4.69, 9.17) is 4.18 Å². The Balaban J connectivity index is 2.27. The summed E-state index contributed by atoms with van der Waals surface area (Å²) in [5, 5.41) is 1.15. The van der Waals surface area contributed by atoms with Crippen LogP contribution in [-0.4, -0.2) is 68.6 Å². The Kier molecular flexibility index (Phi) is 9.50. The van der Waals surface area contributed by atoms with E-state index in [-0.39, 0.29) is 37.0 Å². The molecular weight excluding hydrogens is 356 g/mol. The van der Waals surface area contributed by atoms with Crippen LogP contribution < -0.4 is 0 Å². The number of rotatable bonds is 10. The maximum absolute atomic E-state index is 12.0. The number of carbonyl (C=O) groups is 2. The summed E-state index contributed by atoms with van der Waals surface area (Å²) in [6.07, 6.45) is 1.33. The third kappa shape index (κ3) is 7.37. The van der Waals surface area contributed by atoms with Crippen molar-refractivity contribution in [3.05, 3.63) is 24.8 Å². The lowest BCUT2D eigenvalue weighted by Crippen LogP contribution is -2.50. The van der Waals surface area contributed by atoms with Gasteiger partial charge >= 0.3 is 0 Å². The minimum atomic E-state index is -1.57. The van der Waals surface area contributed by atoms with Gasteiger partial charge in [-0.1, -0.05) is 13.2 Å². The molecule has 2 atom stereocenters. The molecule has 0 saturated carbocycles.